The lowest BCUT2D eigenvalue weighted by molar-refractivity contribution is 0.0985. The van der Waals surface area contributed by atoms with Crippen molar-refractivity contribution >= 4 is 46.1 Å². The van der Waals surface area contributed by atoms with Crippen molar-refractivity contribution in [3.8, 4) is 0 Å². The van der Waals surface area contributed by atoms with Crippen LogP contribution in [0, 0.1) is 6.92 Å². The predicted octanol–water partition coefficient (Wildman–Crippen LogP) is 3.75. The van der Waals surface area contributed by atoms with Crippen LogP contribution < -0.4 is 10.6 Å². The number of imidazole rings is 2. The summed E-state index contributed by atoms with van der Waals surface area (Å²) in [6.45, 7) is 1.79. The zero-order valence-electron chi connectivity index (χ0n) is 14.7. The van der Waals surface area contributed by atoms with Gasteiger partial charge in [-0.1, -0.05) is 29.8 Å². The second-order valence-electron chi connectivity index (χ2n) is 6.05. The van der Waals surface area contributed by atoms with Crippen LogP contribution >= 0.6 is 11.6 Å². The Kier molecular flexibility index (Phi) is 4.54. The fourth-order valence-electron chi connectivity index (χ4n) is 2.75. The molecular formula is C19H15ClN6O2. The van der Waals surface area contributed by atoms with Crippen LogP contribution in [-0.2, 0) is 0 Å². The van der Waals surface area contributed by atoms with Gasteiger partial charge in [0.25, 0.3) is 11.8 Å². The summed E-state index contributed by atoms with van der Waals surface area (Å²) in [6, 6.07) is 12.6. The molecule has 2 aromatic heterocycles. The number of anilines is 2. The van der Waals surface area contributed by atoms with Gasteiger partial charge in [0.1, 0.15) is 5.69 Å². The normalized spacial score (nSPS) is 10.8. The highest BCUT2D eigenvalue weighted by atomic mass is 35.5. The number of aromatic amines is 2. The molecule has 0 saturated carbocycles. The minimum absolute atomic E-state index is 0.0256. The zero-order valence-corrected chi connectivity index (χ0v) is 15.5. The van der Waals surface area contributed by atoms with E-state index in [0.717, 1.165) is 16.6 Å². The van der Waals surface area contributed by atoms with E-state index in [4.69, 9.17) is 11.6 Å². The molecule has 2 aromatic carbocycles. The third-order valence-electron chi connectivity index (χ3n) is 4.22. The Morgan fingerprint density at radius 1 is 1.04 bits per heavy atom. The van der Waals surface area contributed by atoms with Crippen LogP contribution in [0.5, 0.6) is 0 Å². The van der Waals surface area contributed by atoms with Crippen LogP contribution in [0.15, 0.2) is 48.8 Å². The van der Waals surface area contributed by atoms with E-state index < -0.39 is 11.8 Å². The van der Waals surface area contributed by atoms with E-state index >= 15 is 0 Å². The first kappa shape index (κ1) is 17.7. The van der Waals surface area contributed by atoms with Crippen molar-refractivity contribution < 1.29 is 9.59 Å². The number of para-hydroxylation sites is 2. The van der Waals surface area contributed by atoms with E-state index in [1.54, 1.807) is 25.1 Å². The first-order valence-corrected chi connectivity index (χ1v) is 8.76. The van der Waals surface area contributed by atoms with Gasteiger partial charge in [-0.15, -0.1) is 0 Å². The number of amides is 2. The van der Waals surface area contributed by atoms with E-state index in [2.05, 4.69) is 30.6 Å². The Morgan fingerprint density at radius 2 is 1.86 bits per heavy atom. The molecule has 4 aromatic rings. The van der Waals surface area contributed by atoms with Gasteiger partial charge < -0.3 is 15.3 Å². The molecule has 0 bridgehead atoms. The fraction of sp³-hybridized carbons (Fsp3) is 0.0526. The molecule has 0 spiro atoms. The molecule has 0 fully saturated rings. The number of nitrogens with one attached hydrogen (secondary N) is 4. The highest BCUT2D eigenvalue weighted by molar-refractivity contribution is 6.31. The van der Waals surface area contributed by atoms with E-state index in [9.17, 15) is 9.59 Å². The van der Waals surface area contributed by atoms with Gasteiger partial charge in [0.15, 0.2) is 5.69 Å². The average Bonchev–Trinajstić information content (AvgIpc) is 3.31. The average molecular weight is 395 g/mol. The summed E-state index contributed by atoms with van der Waals surface area (Å²) in [5, 5.41) is 5.89. The van der Waals surface area contributed by atoms with E-state index in [-0.39, 0.29) is 17.3 Å². The number of rotatable bonds is 4. The van der Waals surface area contributed by atoms with E-state index in [1.807, 2.05) is 24.3 Å². The number of fused-ring (bicyclic) bond motifs is 1. The van der Waals surface area contributed by atoms with Crippen LogP contribution in [-0.4, -0.2) is 31.8 Å². The number of carbonyl (C=O) groups is 2. The molecule has 9 heteroatoms. The second-order valence-corrected chi connectivity index (χ2v) is 6.46. The number of hydrogen-bond donors (Lipinski definition) is 4. The lowest BCUT2D eigenvalue weighted by atomic mass is 10.2. The van der Waals surface area contributed by atoms with Gasteiger partial charge >= 0.3 is 0 Å². The first-order chi connectivity index (χ1) is 13.5. The molecule has 4 N–H and O–H groups in total. The number of H-pyrrole nitrogens is 2. The van der Waals surface area contributed by atoms with Gasteiger partial charge in [-0.25, -0.2) is 9.97 Å². The van der Waals surface area contributed by atoms with Crippen molar-refractivity contribution in [1.29, 1.82) is 0 Å². The third-order valence-corrected chi connectivity index (χ3v) is 4.63. The summed E-state index contributed by atoms with van der Waals surface area (Å²) in [5.74, 6) is -0.788. The summed E-state index contributed by atoms with van der Waals surface area (Å²) in [5.41, 5.74) is 2.77. The lowest BCUT2D eigenvalue weighted by Crippen LogP contribution is -2.21. The third kappa shape index (κ3) is 3.33. The van der Waals surface area contributed by atoms with Crippen molar-refractivity contribution in [3.63, 3.8) is 0 Å². The molecule has 4 rings (SSSR count). The van der Waals surface area contributed by atoms with Crippen molar-refractivity contribution in [3.05, 3.63) is 70.8 Å². The highest BCUT2D eigenvalue weighted by Crippen LogP contribution is 2.23. The molecule has 0 radical (unpaired) electrons. The molecule has 28 heavy (non-hydrogen) atoms. The highest BCUT2D eigenvalue weighted by Gasteiger charge is 2.22. The van der Waals surface area contributed by atoms with Gasteiger partial charge in [-0.2, -0.15) is 0 Å². The van der Waals surface area contributed by atoms with E-state index in [0.29, 0.717) is 10.7 Å². The predicted molar refractivity (Wildman–Crippen MR) is 107 cm³/mol. The number of carbonyl (C=O) groups excluding carboxylic acids is 2. The molecule has 0 atom stereocenters. The second kappa shape index (κ2) is 7.16. The quantitative estimate of drug-likeness (QED) is 0.421. The van der Waals surface area contributed by atoms with Crippen LogP contribution in [0.2, 0.25) is 5.02 Å². The topological polar surface area (TPSA) is 116 Å². The summed E-state index contributed by atoms with van der Waals surface area (Å²) in [6.07, 6.45) is 1.29. The molecule has 0 saturated heterocycles. The van der Waals surface area contributed by atoms with Crippen molar-refractivity contribution in [2.45, 2.75) is 6.92 Å². The molecule has 2 amide bonds. The van der Waals surface area contributed by atoms with Gasteiger partial charge in [0.2, 0.25) is 5.95 Å². The van der Waals surface area contributed by atoms with Crippen molar-refractivity contribution in [2.24, 2.45) is 0 Å². The Morgan fingerprint density at radius 3 is 2.68 bits per heavy atom. The SMILES string of the molecule is Cc1c(Cl)cccc1NC(=O)c1nc[nH]c1C(=O)Nc1nc2ccccc2[nH]1. The molecule has 0 aliphatic rings. The minimum atomic E-state index is -0.537. The van der Waals surface area contributed by atoms with Crippen LogP contribution in [0.1, 0.15) is 26.5 Å². The molecule has 140 valence electrons. The van der Waals surface area contributed by atoms with E-state index in [1.165, 1.54) is 6.33 Å². The Labute approximate surface area is 164 Å². The Bertz CT molecular complexity index is 1160. The monoisotopic (exact) mass is 394 g/mol. The molecular weight excluding hydrogens is 380 g/mol. The summed E-state index contributed by atoms with van der Waals surface area (Å²) in [4.78, 5) is 39.2. The number of aromatic nitrogens is 4. The number of benzene rings is 2. The maximum Gasteiger partial charge on any atom is 0.276 e. The lowest BCUT2D eigenvalue weighted by Gasteiger charge is -2.09. The summed E-state index contributed by atoms with van der Waals surface area (Å²) in [7, 11) is 0. The van der Waals surface area contributed by atoms with Crippen molar-refractivity contribution in [2.75, 3.05) is 10.6 Å². The summed E-state index contributed by atoms with van der Waals surface area (Å²) >= 11 is 6.08. The fourth-order valence-corrected chi connectivity index (χ4v) is 2.92. The molecule has 0 aliphatic carbocycles. The van der Waals surface area contributed by atoms with Crippen LogP contribution in [0.4, 0.5) is 11.6 Å². The zero-order chi connectivity index (χ0) is 19.7. The minimum Gasteiger partial charge on any atom is -0.340 e. The van der Waals surface area contributed by atoms with Crippen LogP contribution in [0.3, 0.4) is 0 Å². The molecule has 2 heterocycles. The summed E-state index contributed by atoms with van der Waals surface area (Å²) < 4.78 is 0. The van der Waals surface area contributed by atoms with Gasteiger partial charge in [0.05, 0.1) is 17.4 Å². The Hall–Kier alpha value is -3.65. The molecule has 8 nitrogen and oxygen atoms in total. The largest absolute Gasteiger partial charge is 0.340 e. The standard InChI is InChI=1S/C19H15ClN6O2/c1-10-11(20)5-4-8-12(10)23-17(27)15-16(22-9-21-15)18(28)26-19-24-13-6-2-3-7-14(13)25-19/h2-9H,1H3,(H,21,22)(H,23,27)(H2,24,25,26,28). The number of nitrogens with zero attached hydrogens (tertiary/aromatic N) is 2. The van der Waals surface area contributed by atoms with Gasteiger partial charge in [-0.3, -0.25) is 14.9 Å². The molecule has 0 aliphatic heterocycles. The Balaban J connectivity index is 1.55. The first-order valence-electron chi connectivity index (χ1n) is 8.39. The van der Waals surface area contributed by atoms with Gasteiger partial charge in [0, 0.05) is 10.7 Å². The smallest absolute Gasteiger partial charge is 0.276 e. The number of hydrogen-bond acceptors (Lipinski definition) is 4. The molecule has 0 unspecified atom stereocenters. The maximum atomic E-state index is 12.6. The van der Waals surface area contributed by atoms with Crippen LogP contribution in [0.25, 0.3) is 11.0 Å². The maximum absolute atomic E-state index is 12.6. The van der Waals surface area contributed by atoms with Gasteiger partial charge in [-0.05, 0) is 36.8 Å². The number of halogens is 1. The van der Waals surface area contributed by atoms with Crippen molar-refractivity contribution in [1.82, 2.24) is 19.9 Å².